The topological polar surface area (TPSA) is 36.0 Å². The average molecular weight is 169 g/mol. The number of aromatic amines is 1. The largest absolute Gasteiger partial charge is 0.393 e. The van der Waals surface area contributed by atoms with Crippen LogP contribution in [0, 0.1) is 13.8 Å². The summed E-state index contributed by atoms with van der Waals surface area (Å²) in [5.74, 6) is 0. The molecule has 2 nitrogen and oxygen atoms in total. The number of H-pyrrole nitrogens is 1. The Hall–Kier alpha value is -0.760. The molecule has 1 aromatic rings. The van der Waals surface area contributed by atoms with Gasteiger partial charge in [0.1, 0.15) is 0 Å². The van der Waals surface area contributed by atoms with Crippen LogP contribution in [0.5, 0.6) is 0 Å². The summed E-state index contributed by atoms with van der Waals surface area (Å²) < 4.78 is 0. The standard InChI is InChI=1S/C6H9N.C4H10O/c1-5-3-4-6(2)7-5;1-3-4(2)5/h3-4,7H,1-2H3;4-5H,3H2,1-2H3. The first-order valence-corrected chi connectivity index (χ1v) is 4.36. The van der Waals surface area contributed by atoms with Crippen LogP contribution in [0.2, 0.25) is 0 Å². The molecule has 1 atom stereocenters. The van der Waals surface area contributed by atoms with Crippen molar-refractivity contribution in [1.29, 1.82) is 0 Å². The molecule has 0 spiro atoms. The summed E-state index contributed by atoms with van der Waals surface area (Å²) in [6, 6.07) is 4.13. The Balaban J connectivity index is 0.000000217. The van der Waals surface area contributed by atoms with Gasteiger partial charge in [-0.25, -0.2) is 0 Å². The lowest BCUT2D eigenvalue weighted by Gasteiger charge is -1.90. The number of aliphatic hydroxyl groups is 1. The Morgan fingerprint density at radius 1 is 1.33 bits per heavy atom. The second-order valence-corrected chi connectivity index (χ2v) is 3.08. The molecule has 2 heteroatoms. The lowest BCUT2D eigenvalue weighted by Crippen LogP contribution is -1.93. The zero-order chi connectivity index (χ0) is 9.56. The molecule has 0 saturated heterocycles. The molecule has 0 aliphatic rings. The molecular weight excluding hydrogens is 150 g/mol. The van der Waals surface area contributed by atoms with Crippen LogP contribution >= 0.6 is 0 Å². The second-order valence-electron chi connectivity index (χ2n) is 3.08. The van der Waals surface area contributed by atoms with Gasteiger partial charge in [0, 0.05) is 11.4 Å². The van der Waals surface area contributed by atoms with E-state index in [2.05, 4.69) is 17.1 Å². The molecule has 0 radical (unpaired) electrons. The molecule has 0 fully saturated rings. The van der Waals surface area contributed by atoms with Gasteiger partial charge in [0.15, 0.2) is 0 Å². The molecule has 0 aliphatic carbocycles. The van der Waals surface area contributed by atoms with Crippen molar-refractivity contribution in [3.63, 3.8) is 0 Å². The fourth-order valence-electron chi connectivity index (χ4n) is 0.644. The summed E-state index contributed by atoms with van der Waals surface area (Å²) in [5, 5.41) is 8.36. The number of aliphatic hydroxyl groups excluding tert-OH is 1. The smallest absolute Gasteiger partial charge is 0.0509 e. The van der Waals surface area contributed by atoms with Crippen molar-refractivity contribution in [3.05, 3.63) is 23.5 Å². The van der Waals surface area contributed by atoms with Crippen LogP contribution in [0.1, 0.15) is 31.7 Å². The zero-order valence-electron chi connectivity index (χ0n) is 8.39. The fourth-order valence-corrected chi connectivity index (χ4v) is 0.644. The molecule has 1 rings (SSSR count). The van der Waals surface area contributed by atoms with Gasteiger partial charge in [0.2, 0.25) is 0 Å². The first-order valence-electron chi connectivity index (χ1n) is 4.36. The first kappa shape index (κ1) is 11.2. The number of aromatic nitrogens is 1. The maximum absolute atomic E-state index is 8.36. The van der Waals surface area contributed by atoms with Gasteiger partial charge in [0.05, 0.1) is 6.10 Å². The molecule has 0 aromatic carbocycles. The summed E-state index contributed by atoms with van der Waals surface area (Å²) in [4.78, 5) is 3.14. The fraction of sp³-hybridized carbons (Fsp3) is 0.600. The van der Waals surface area contributed by atoms with E-state index in [1.165, 1.54) is 11.4 Å². The molecule has 0 amide bonds. The maximum Gasteiger partial charge on any atom is 0.0509 e. The lowest BCUT2D eigenvalue weighted by atomic mass is 10.3. The third-order valence-corrected chi connectivity index (χ3v) is 1.57. The van der Waals surface area contributed by atoms with E-state index in [0.717, 1.165) is 6.42 Å². The average Bonchev–Trinajstić information content (AvgIpc) is 2.36. The van der Waals surface area contributed by atoms with Crippen molar-refractivity contribution >= 4 is 0 Å². The van der Waals surface area contributed by atoms with E-state index in [-0.39, 0.29) is 6.10 Å². The highest BCUT2D eigenvalue weighted by Gasteiger charge is 1.82. The Morgan fingerprint density at radius 2 is 1.67 bits per heavy atom. The lowest BCUT2D eigenvalue weighted by molar-refractivity contribution is 0.191. The summed E-state index contributed by atoms with van der Waals surface area (Å²) in [5.41, 5.74) is 2.47. The second kappa shape index (κ2) is 5.84. The summed E-state index contributed by atoms with van der Waals surface area (Å²) in [6.07, 6.45) is 0.745. The Labute approximate surface area is 74.6 Å². The minimum atomic E-state index is -0.116. The van der Waals surface area contributed by atoms with Gasteiger partial charge in [-0.2, -0.15) is 0 Å². The van der Waals surface area contributed by atoms with E-state index in [1.807, 2.05) is 20.8 Å². The monoisotopic (exact) mass is 169 g/mol. The molecule has 2 N–H and O–H groups in total. The van der Waals surface area contributed by atoms with Gasteiger partial charge in [-0.1, -0.05) is 6.92 Å². The first-order chi connectivity index (χ1) is 5.56. The molecule has 0 bridgehead atoms. The summed E-state index contributed by atoms with van der Waals surface area (Å²) in [7, 11) is 0. The third-order valence-electron chi connectivity index (χ3n) is 1.57. The van der Waals surface area contributed by atoms with Crippen molar-refractivity contribution in [2.75, 3.05) is 0 Å². The van der Waals surface area contributed by atoms with Gasteiger partial charge >= 0.3 is 0 Å². The zero-order valence-corrected chi connectivity index (χ0v) is 8.39. The molecular formula is C10H19NO. The predicted molar refractivity (Wildman–Crippen MR) is 52.2 cm³/mol. The van der Waals surface area contributed by atoms with Gasteiger partial charge < -0.3 is 10.1 Å². The van der Waals surface area contributed by atoms with Crippen LogP contribution in [0.15, 0.2) is 12.1 Å². The molecule has 1 heterocycles. The maximum atomic E-state index is 8.36. The normalized spacial score (nSPS) is 11.8. The molecule has 0 aliphatic heterocycles. The van der Waals surface area contributed by atoms with Crippen LogP contribution in [-0.2, 0) is 0 Å². The van der Waals surface area contributed by atoms with Crippen LogP contribution in [-0.4, -0.2) is 16.2 Å². The number of rotatable bonds is 1. The van der Waals surface area contributed by atoms with Crippen LogP contribution < -0.4 is 0 Å². The quantitative estimate of drug-likeness (QED) is 0.665. The van der Waals surface area contributed by atoms with Crippen molar-refractivity contribution in [2.24, 2.45) is 0 Å². The molecule has 0 saturated carbocycles. The Kier molecular flexibility index (Phi) is 5.47. The van der Waals surface area contributed by atoms with E-state index in [4.69, 9.17) is 5.11 Å². The number of aryl methyl sites for hydroxylation is 2. The van der Waals surface area contributed by atoms with Crippen LogP contribution in [0.3, 0.4) is 0 Å². The third kappa shape index (κ3) is 5.98. The number of hydrogen-bond acceptors (Lipinski definition) is 1. The van der Waals surface area contributed by atoms with Crippen molar-refractivity contribution in [3.8, 4) is 0 Å². The summed E-state index contributed by atoms with van der Waals surface area (Å²) >= 11 is 0. The van der Waals surface area contributed by atoms with Crippen LogP contribution in [0.25, 0.3) is 0 Å². The van der Waals surface area contributed by atoms with Crippen molar-refractivity contribution < 1.29 is 5.11 Å². The van der Waals surface area contributed by atoms with Crippen molar-refractivity contribution in [1.82, 2.24) is 4.98 Å². The van der Waals surface area contributed by atoms with Gasteiger partial charge in [-0.05, 0) is 39.3 Å². The van der Waals surface area contributed by atoms with E-state index in [0.29, 0.717) is 0 Å². The van der Waals surface area contributed by atoms with Gasteiger partial charge in [-0.15, -0.1) is 0 Å². The number of hydrogen-bond donors (Lipinski definition) is 2. The van der Waals surface area contributed by atoms with Gasteiger partial charge in [0.25, 0.3) is 0 Å². The predicted octanol–water partition coefficient (Wildman–Crippen LogP) is 2.41. The molecule has 70 valence electrons. The number of nitrogens with one attached hydrogen (secondary N) is 1. The molecule has 1 unspecified atom stereocenters. The van der Waals surface area contributed by atoms with E-state index in [1.54, 1.807) is 6.92 Å². The molecule has 12 heavy (non-hydrogen) atoms. The summed E-state index contributed by atoms with van der Waals surface area (Å²) in [6.45, 7) is 7.82. The van der Waals surface area contributed by atoms with Crippen molar-refractivity contribution in [2.45, 2.75) is 40.2 Å². The van der Waals surface area contributed by atoms with E-state index in [9.17, 15) is 0 Å². The molecule has 1 aromatic heterocycles. The van der Waals surface area contributed by atoms with Gasteiger partial charge in [-0.3, -0.25) is 0 Å². The minimum Gasteiger partial charge on any atom is -0.393 e. The highest BCUT2D eigenvalue weighted by molar-refractivity contribution is 5.09. The Morgan fingerprint density at radius 3 is 1.75 bits per heavy atom. The highest BCUT2D eigenvalue weighted by Crippen LogP contribution is 1.95. The minimum absolute atomic E-state index is 0.116. The van der Waals surface area contributed by atoms with E-state index < -0.39 is 0 Å². The Bertz CT molecular complexity index is 187. The SMILES string of the molecule is CCC(C)O.Cc1ccc(C)[nH]1. The highest BCUT2D eigenvalue weighted by atomic mass is 16.3. The van der Waals surface area contributed by atoms with E-state index >= 15 is 0 Å². The van der Waals surface area contributed by atoms with Crippen LogP contribution in [0.4, 0.5) is 0 Å².